The Labute approximate surface area is 281 Å². The molecule has 0 amide bonds. The number of hydrogen-bond acceptors (Lipinski definition) is 4. The van der Waals surface area contributed by atoms with Crippen LogP contribution in [0.2, 0.25) is 0 Å². The van der Waals surface area contributed by atoms with Gasteiger partial charge in [0.2, 0.25) is 0 Å². The first-order valence-electron chi connectivity index (χ1n) is 15.6. The molecule has 7 aromatic carbocycles. The van der Waals surface area contributed by atoms with Crippen molar-refractivity contribution >= 4 is 60.1 Å². The molecule has 0 aliphatic carbocycles. The number of aromatic nitrogens is 2. The van der Waals surface area contributed by atoms with Crippen molar-refractivity contribution in [1.29, 1.82) is 0 Å². The molecule has 0 aliphatic heterocycles. The standard InChI is InChI=1S/C42H30N4Se/c1-5-13-33(14-6-1)45(34-15-7-2-8-16-34)37-25-21-31(22-26-37)39-29-30-40(42-41(39)43-47-44-42)32-23-27-38(28-24-32)46(35-17-9-3-10-18-35)36-19-11-4-12-20-36/h1-30H. The molecule has 1 aromatic heterocycles. The van der Waals surface area contributed by atoms with E-state index in [0.717, 1.165) is 67.4 Å². The van der Waals surface area contributed by atoms with E-state index in [-0.39, 0.29) is 15.0 Å². The van der Waals surface area contributed by atoms with E-state index in [1.807, 2.05) is 0 Å². The summed E-state index contributed by atoms with van der Waals surface area (Å²) < 4.78 is 9.83. The molecule has 0 saturated carbocycles. The Morgan fingerprint density at radius 1 is 0.298 bits per heavy atom. The van der Waals surface area contributed by atoms with Gasteiger partial charge < -0.3 is 0 Å². The summed E-state index contributed by atoms with van der Waals surface area (Å²) >= 11 is -0.165. The Hall–Kier alpha value is -5.74. The van der Waals surface area contributed by atoms with Crippen LogP contribution in [0.25, 0.3) is 33.3 Å². The van der Waals surface area contributed by atoms with Crippen molar-refractivity contribution < 1.29 is 0 Å². The van der Waals surface area contributed by atoms with E-state index >= 15 is 0 Å². The molecule has 0 spiro atoms. The van der Waals surface area contributed by atoms with Crippen LogP contribution in [0.4, 0.5) is 34.1 Å². The molecule has 1 heterocycles. The second-order valence-electron chi connectivity index (χ2n) is 11.2. The van der Waals surface area contributed by atoms with Crippen molar-refractivity contribution in [3.63, 3.8) is 0 Å². The summed E-state index contributed by atoms with van der Waals surface area (Å²) in [5.74, 6) is 0. The van der Waals surface area contributed by atoms with Crippen LogP contribution in [0.3, 0.4) is 0 Å². The predicted octanol–water partition coefficient (Wildman–Crippen LogP) is 11.0. The summed E-state index contributed by atoms with van der Waals surface area (Å²) in [6.07, 6.45) is 0. The van der Waals surface area contributed by atoms with Crippen LogP contribution in [0.15, 0.2) is 182 Å². The molecular weight excluding hydrogens is 639 g/mol. The summed E-state index contributed by atoms with van der Waals surface area (Å²) in [7, 11) is 0. The van der Waals surface area contributed by atoms with Crippen LogP contribution in [0.1, 0.15) is 0 Å². The topological polar surface area (TPSA) is 32.3 Å². The minimum absolute atomic E-state index is 0.165. The molecule has 0 saturated heterocycles. The van der Waals surface area contributed by atoms with Crippen LogP contribution in [-0.2, 0) is 0 Å². The summed E-state index contributed by atoms with van der Waals surface area (Å²) in [6, 6.07) is 63.9. The fourth-order valence-corrected chi connectivity index (χ4v) is 7.32. The average Bonchev–Trinajstić information content (AvgIpc) is 3.65. The Morgan fingerprint density at radius 3 is 0.872 bits per heavy atom. The van der Waals surface area contributed by atoms with E-state index in [1.54, 1.807) is 0 Å². The monoisotopic (exact) mass is 670 g/mol. The van der Waals surface area contributed by atoms with E-state index in [4.69, 9.17) is 7.96 Å². The minimum atomic E-state index is -0.165. The number of hydrogen-bond donors (Lipinski definition) is 0. The number of anilines is 6. The van der Waals surface area contributed by atoms with Crippen molar-refractivity contribution in [2.24, 2.45) is 0 Å². The maximum atomic E-state index is 4.92. The van der Waals surface area contributed by atoms with Gasteiger partial charge in [0.15, 0.2) is 0 Å². The van der Waals surface area contributed by atoms with E-state index in [1.165, 1.54) is 0 Å². The summed E-state index contributed by atoms with van der Waals surface area (Å²) in [6.45, 7) is 0. The molecule has 0 fully saturated rings. The van der Waals surface area contributed by atoms with Gasteiger partial charge in [0.1, 0.15) is 0 Å². The van der Waals surface area contributed by atoms with Gasteiger partial charge in [-0.3, -0.25) is 0 Å². The zero-order valence-corrected chi connectivity index (χ0v) is 27.2. The van der Waals surface area contributed by atoms with Crippen LogP contribution in [-0.4, -0.2) is 22.9 Å². The first-order valence-corrected chi connectivity index (χ1v) is 17.1. The van der Waals surface area contributed by atoms with Gasteiger partial charge in [-0.05, 0) is 0 Å². The van der Waals surface area contributed by atoms with Gasteiger partial charge in [-0.15, -0.1) is 0 Å². The second-order valence-corrected chi connectivity index (χ2v) is 12.3. The van der Waals surface area contributed by atoms with Gasteiger partial charge in [-0.25, -0.2) is 0 Å². The van der Waals surface area contributed by atoms with Crippen LogP contribution < -0.4 is 9.80 Å². The van der Waals surface area contributed by atoms with Crippen LogP contribution >= 0.6 is 0 Å². The van der Waals surface area contributed by atoms with Crippen molar-refractivity contribution in [3.05, 3.63) is 182 Å². The summed E-state index contributed by atoms with van der Waals surface area (Å²) in [5.41, 5.74) is 13.1. The Balaban J connectivity index is 1.12. The number of rotatable bonds is 8. The first kappa shape index (κ1) is 28.7. The zero-order chi connectivity index (χ0) is 31.4. The molecule has 0 bridgehead atoms. The molecule has 0 aliphatic rings. The van der Waals surface area contributed by atoms with Crippen molar-refractivity contribution in [2.75, 3.05) is 9.80 Å². The van der Waals surface area contributed by atoms with E-state index < -0.39 is 0 Å². The average molecular weight is 670 g/mol. The molecule has 0 unspecified atom stereocenters. The molecule has 5 heteroatoms. The molecule has 4 nitrogen and oxygen atoms in total. The number of nitrogens with zero attached hydrogens (tertiary/aromatic N) is 4. The molecule has 0 atom stereocenters. The first-order chi connectivity index (χ1) is 23.3. The van der Waals surface area contributed by atoms with Gasteiger partial charge in [0, 0.05) is 0 Å². The maximum absolute atomic E-state index is 4.92. The number of para-hydroxylation sites is 4. The fourth-order valence-electron chi connectivity index (χ4n) is 6.12. The van der Waals surface area contributed by atoms with Crippen molar-refractivity contribution in [2.45, 2.75) is 0 Å². The number of fused-ring (bicyclic) bond motifs is 1. The SMILES string of the molecule is c1ccc(N(c2ccccc2)c2ccc(-c3ccc(-c4ccc(N(c5ccccc5)c5ccccc5)cc4)c4n[se]nc34)cc2)cc1. The zero-order valence-electron chi connectivity index (χ0n) is 25.5. The van der Waals surface area contributed by atoms with Crippen molar-refractivity contribution in [1.82, 2.24) is 7.96 Å². The van der Waals surface area contributed by atoms with E-state index in [0.29, 0.717) is 0 Å². The van der Waals surface area contributed by atoms with Gasteiger partial charge in [-0.1, -0.05) is 0 Å². The normalized spacial score (nSPS) is 11.0. The molecule has 8 rings (SSSR count). The second kappa shape index (κ2) is 12.9. The van der Waals surface area contributed by atoms with E-state index in [2.05, 4.69) is 192 Å². The predicted molar refractivity (Wildman–Crippen MR) is 197 cm³/mol. The van der Waals surface area contributed by atoms with Gasteiger partial charge >= 0.3 is 282 Å². The molecule has 224 valence electrons. The van der Waals surface area contributed by atoms with Gasteiger partial charge in [-0.2, -0.15) is 0 Å². The quantitative estimate of drug-likeness (QED) is 0.151. The van der Waals surface area contributed by atoms with Crippen molar-refractivity contribution in [3.8, 4) is 22.3 Å². The fraction of sp³-hybridized carbons (Fsp3) is 0. The molecule has 0 N–H and O–H groups in total. The third-order valence-electron chi connectivity index (χ3n) is 8.35. The Morgan fingerprint density at radius 2 is 0.574 bits per heavy atom. The molecular formula is C42H30N4Se. The van der Waals surface area contributed by atoms with Gasteiger partial charge in [0.05, 0.1) is 0 Å². The van der Waals surface area contributed by atoms with Gasteiger partial charge in [0.25, 0.3) is 0 Å². The Kier molecular flexibility index (Phi) is 7.90. The molecule has 0 radical (unpaired) electrons. The Bertz CT molecular complexity index is 1980. The third-order valence-corrected chi connectivity index (χ3v) is 9.45. The summed E-state index contributed by atoms with van der Waals surface area (Å²) in [5, 5.41) is 0. The third kappa shape index (κ3) is 5.75. The number of benzene rings is 7. The van der Waals surface area contributed by atoms with Crippen LogP contribution in [0, 0.1) is 0 Å². The molecule has 8 aromatic rings. The van der Waals surface area contributed by atoms with Crippen LogP contribution in [0.5, 0.6) is 0 Å². The summed E-state index contributed by atoms with van der Waals surface area (Å²) in [4.78, 5) is 4.56. The molecule has 47 heavy (non-hydrogen) atoms. The van der Waals surface area contributed by atoms with E-state index in [9.17, 15) is 0 Å².